The topological polar surface area (TPSA) is 66.9 Å². The van der Waals surface area contributed by atoms with Gasteiger partial charge in [0.05, 0.1) is 12.4 Å². The lowest BCUT2D eigenvalue weighted by Crippen LogP contribution is -2.17. The highest BCUT2D eigenvalue weighted by molar-refractivity contribution is 6.03. The van der Waals surface area contributed by atoms with Gasteiger partial charge in [-0.3, -0.25) is 9.78 Å². The fraction of sp³-hybridized carbons (Fsp3) is 0.154. The first-order valence-corrected chi connectivity index (χ1v) is 5.93. The van der Waals surface area contributed by atoms with Crippen LogP contribution < -0.4 is 10.6 Å². The van der Waals surface area contributed by atoms with Gasteiger partial charge in [-0.1, -0.05) is 6.07 Å². The molecule has 0 saturated carbocycles. The van der Waals surface area contributed by atoms with E-state index in [9.17, 15) is 13.6 Å². The van der Waals surface area contributed by atoms with E-state index in [0.717, 1.165) is 12.1 Å². The Morgan fingerprint density at radius 1 is 1.25 bits per heavy atom. The maximum Gasteiger partial charge on any atom is 0.276 e. The van der Waals surface area contributed by atoms with Crippen LogP contribution in [0.1, 0.15) is 17.4 Å². The zero-order valence-corrected chi connectivity index (χ0v) is 10.7. The molecule has 1 aromatic heterocycles. The Hall–Kier alpha value is -2.57. The van der Waals surface area contributed by atoms with Crippen molar-refractivity contribution in [2.24, 2.45) is 0 Å². The third kappa shape index (κ3) is 3.05. The van der Waals surface area contributed by atoms with E-state index in [0.29, 0.717) is 12.4 Å². The van der Waals surface area contributed by atoms with E-state index in [1.807, 2.05) is 6.92 Å². The van der Waals surface area contributed by atoms with Gasteiger partial charge >= 0.3 is 0 Å². The van der Waals surface area contributed by atoms with Gasteiger partial charge < -0.3 is 10.6 Å². The minimum Gasteiger partial charge on any atom is -0.369 e. The number of benzene rings is 1. The van der Waals surface area contributed by atoms with Gasteiger partial charge in [-0.15, -0.1) is 0 Å². The van der Waals surface area contributed by atoms with Gasteiger partial charge in [0, 0.05) is 6.54 Å². The number of para-hydroxylation sites is 1. The Balaban J connectivity index is 2.22. The maximum atomic E-state index is 13.4. The Labute approximate surface area is 114 Å². The van der Waals surface area contributed by atoms with Crippen LogP contribution in [0.3, 0.4) is 0 Å². The van der Waals surface area contributed by atoms with E-state index >= 15 is 0 Å². The van der Waals surface area contributed by atoms with Gasteiger partial charge in [-0.25, -0.2) is 13.8 Å². The van der Waals surface area contributed by atoms with Crippen LogP contribution in [0.4, 0.5) is 20.3 Å². The molecule has 0 fully saturated rings. The van der Waals surface area contributed by atoms with Crippen LogP contribution in [0.2, 0.25) is 0 Å². The predicted molar refractivity (Wildman–Crippen MR) is 70.5 cm³/mol. The summed E-state index contributed by atoms with van der Waals surface area (Å²) in [6.07, 6.45) is 2.67. The van der Waals surface area contributed by atoms with Gasteiger partial charge in [-0.2, -0.15) is 0 Å². The molecule has 0 unspecified atom stereocenters. The SMILES string of the molecule is CCNc1cncc(C(=O)Nc2c(F)cccc2F)n1. The maximum absolute atomic E-state index is 13.4. The summed E-state index contributed by atoms with van der Waals surface area (Å²) < 4.78 is 26.8. The van der Waals surface area contributed by atoms with E-state index < -0.39 is 23.2 Å². The highest BCUT2D eigenvalue weighted by atomic mass is 19.1. The molecule has 2 aromatic rings. The molecule has 0 aliphatic heterocycles. The lowest BCUT2D eigenvalue weighted by Gasteiger charge is -2.08. The molecule has 2 rings (SSSR count). The van der Waals surface area contributed by atoms with Crippen molar-refractivity contribution >= 4 is 17.4 Å². The first-order chi connectivity index (χ1) is 9.61. The molecule has 1 heterocycles. The van der Waals surface area contributed by atoms with Gasteiger partial charge in [0.1, 0.15) is 28.8 Å². The molecule has 104 valence electrons. The predicted octanol–water partition coefficient (Wildman–Crippen LogP) is 2.44. The lowest BCUT2D eigenvalue weighted by molar-refractivity contribution is 0.102. The number of carbonyl (C=O) groups excluding carboxylic acids is 1. The quantitative estimate of drug-likeness (QED) is 0.901. The third-order valence-electron chi connectivity index (χ3n) is 2.43. The van der Waals surface area contributed by atoms with Crippen molar-refractivity contribution in [3.05, 3.63) is 47.9 Å². The van der Waals surface area contributed by atoms with E-state index in [-0.39, 0.29) is 5.69 Å². The summed E-state index contributed by atoms with van der Waals surface area (Å²) in [6, 6.07) is 3.32. The second-order valence-corrected chi connectivity index (χ2v) is 3.87. The standard InChI is InChI=1S/C13H12F2N4O/c1-2-17-11-7-16-6-10(18-11)13(20)19-12-8(14)4-3-5-9(12)15/h3-7H,2H2,1H3,(H,17,18)(H,19,20). The van der Waals surface area contributed by atoms with Crippen molar-refractivity contribution in [1.29, 1.82) is 0 Å². The Morgan fingerprint density at radius 2 is 1.95 bits per heavy atom. The number of hydrogen-bond acceptors (Lipinski definition) is 4. The minimum atomic E-state index is -0.853. The number of carbonyl (C=O) groups is 1. The largest absolute Gasteiger partial charge is 0.369 e. The molecule has 0 radical (unpaired) electrons. The molecular formula is C13H12F2N4O. The fourth-order valence-corrected chi connectivity index (χ4v) is 1.54. The average Bonchev–Trinajstić information content (AvgIpc) is 2.43. The normalized spacial score (nSPS) is 10.2. The van der Waals surface area contributed by atoms with Crippen molar-refractivity contribution in [2.45, 2.75) is 6.92 Å². The van der Waals surface area contributed by atoms with Gasteiger partial charge in [0.15, 0.2) is 0 Å². The summed E-state index contributed by atoms with van der Waals surface area (Å²) in [5.41, 5.74) is -0.542. The number of halogens is 2. The van der Waals surface area contributed by atoms with E-state index in [2.05, 4.69) is 20.6 Å². The van der Waals surface area contributed by atoms with Gasteiger partial charge in [-0.05, 0) is 19.1 Å². The van der Waals surface area contributed by atoms with Crippen LogP contribution in [0.25, 0.3) is 0 Å². The van der Waals surface area contributed by atoms with E-state index in [1.165, 1.54) is 18.5 Å². The zero-order valence-electron chi connectivity index (χ0n) is 10.7. The molecule has 0 bridgehead atoms. The van der Waals surface area contributed by atoms with Crippen molar-refractivity contribution < 1.29 is 13.6 Å². The highest BCUT2D eigenvalue weighted by Crippen LogP contribution is 2.18. The molecule has 5 nitrogen and oxygen atoms in total. The third-order valence-corrected chi connectivity index (χ3v) is 2.43. The molecule has 1 amide bonds. The Bertz CT molecular complexity index is 613. The first-order valence-electron chi connectivity index (χ1n) is 5.93. The van der Waals surface area contributed by atoms with E-state index in [4.69, 9.17) is 0 Å². The second kappa shape index (κ2) is 6.05. The molecule has 0 spiro atoms. The smallest absolute Gasteiger partial charge is 0.276 e. The summed E-state index contributed by atoms with van der Waals surface area (Å²) in [6.45, 7) is 2.48. The van der Waals surface area contributed by atoms with Crippen LogP contribution in [0, 0.1) is 11.6 Å². The molecule has 0 saturated heterocycles. The first kappa shape index (κ1) is 13.9. The van der Waals surface area contributed by atoms with Crippen LogP contribution in [-0.4, -0.2) is 22.4 Å². The van der Waals surface area contributed by atoms with Crippen LogP contribution in [-0.2, 0) is 0 Å². The van der Waals surface area contributed by atoms with Crippen molar-refractivity contribution in [3.8, 4) is 0 Å². The molecular weight excluding hydrogens is 266 g/mol. The average molecular weight is 278 g/mol. The number of nitrogens with one attached hydrogen (secondary N) is 2. The summed E-state index contributed by atoms with van der Waals surface area (Å²) in [5, 5.41) is 5.03. The second-order valence-electron chi connectivity index (χ2n) is 3.87. The summed E-state index contributed by atoms with van der Waals surface area (Å²) in [5.74, 6) is -2.03. The van der Waals surface area contributed by atoms with Crippen LogP contribution >= 0.6 is 0 Å². The van der Waals surface area contributed by atoms with Crippen molar-refractivity contribution in [1.82, 2.24) is 9.97 Å². The van der Waals surface area contributed by atoms with Crippen molar-refractivity contribution in [3.63, 3.8) is 0 Å². The summed E-state index contributed by atoms with van der Waals surface area (Å²) >= 11 is 0. The molecule has 1 aromatic carbocycles. The number of rotatable bonds is 4. The molecule has 0 aliphatic rings. The van der Waals surface area contributed by atoms with Crippen LogP contribution in [0.15, 0.2) is 30.6 Å². The summed E-state index contributed by atoms with van der Waals surface area (Å²) in [4.78, 5) is 19.7. The highest BCUT2D eigenvalue weighted by Gasteiger charge is 2.14. The Kier molecular flexibility index (Phi) is 4.19. The van der Waals surface area contributed by atoms with Gasteiger partial charge in [0.2, 0.25) is 0 Å². The molecule has 0 atom stereocenters. The molecule has 0 aliphatic carbocycles. The number of nitrogens with zero attached hydrogens (tertiary/aromatic N) is 2. The number of anilines is 2. The molecule has 20 heavy (non-hydrogen) atoms. The van der Waals surface area contributed by atoms with Crippen molar-refractivity contribution in [2.75, 3.05) is 17.2 Å². The van der Waals surface area contributed by atoms with E-state index in [1.54, 1.807) is 0 Å². The van der Waals surface area contributed by atoms with Crippen LogP contribution in [0.5, 0.6) is 0 Å². The minimum absolute atomic E-state index is 0.0360. The number of aromatic nitrogens is 2. The van der Waals surface area contributed by atoms with Gasteiger partial charge in [0.25, 0.3) is 5.91 Å². The molecule has 7 heteroatoms. The monoisotopic (exact) mass is 278 g/mol. The summed E-state index contributed by atoms with van der Waals surface area (Å²) in [7, 11) is 0. The number of amides is 1. The Morgan fingerprint density at radius 3 is 2.60 bits per heavy atom. The zero-order chi connectivity index (χ0) is 14.5. The number of hydrogen-bond donors (Lipinski definition) is 2. The molecule has 2 N–H and O–H groups in total. The lowest BCUT2D eigenvalue weighted by atomic mass is 10.3. The fourth-order valence-electron chi connectivity index (χ4n) is 1.54.